The molecule has 0 unspecified atom stereocenters. The molecule has 7 nitrogen and oxygen atoms in total. The van der Waals surface area contributed by atoms with Crippen LogP contribution in [0.1, 0.15) is 13.3 Å². The van der Waals surface area contributed by atoms with Crippen LogP contribution in [0.5, 0.6) is 0 Å². The predicted octanol–water partition coefficient (Wildman–Crippen LogP) is 5.22. The Morgan fingerprint density at radius 2 is 1.85 bits per heavy atom. The fourth-order valence-electron chi connectivity index (χ4n) is 3.25. The van der Waals surface area contributed by atoms with E-state index >= 15 is 4.39 Å². The summed E-state index contributed by atoms with van der Waals surface area (Å²) in [7, 11) is -4.84. The molecule has 0 aliphatic heterocycles. The van der Waals surface area contributed by atoms with Gasteiger partial charge in [-0.15, -0.1) is 0 Å². The fraction of sp³-hybridized carbons (Fsp3) is 0.391. The van der Waals surface area contributed by atoms with Gasteiger partial charge in [-0.2, -0.15) is 5.10 Å². The molecule has 0 aliphatic carbocycles. The average molecular weight is 491 g/mol. The van der Waals surface area contributed by atoms with Crippen LogP contribution >= 0.6 is 0 Å². The molecule has 178 valence electrons. The third kappa shape index (κ3) is 6.96. The first-order valence-corrected chi connectivity index (χ1v) is 16.3. The highest BCUT2D eigenvalue weighted by atomic mass is 32.2. The van der Waals surface area contributed by atoms with Crippen molar-refractivity contribution < 1.29 is 17.5 Å². The minimum Gasteiger partial charge on any atom is -0.360 e. The Labute approximate surface area is 196 Å². The van der Waals surface area contributed by atoms with Crippen LogP contribution in [-0.4, -0.2) is 43.6 Å². The van der Waals surface area contributed by atoms with Gasteiger partial charge in [0.1, 0.15) is 12.4 Å². The predicted molar refractivity (Wildman–Crippen MR) is 133 cm³/mol. The Morgan fingerprint density at radius 1 is 1.12 bits per heavy atom. The molecular formula is C23H31FN4O3SSi. The highest BCUT2D eigenvalue weighted by Crippen LogP contribution is 2.35. The van der Waals surface area contributed by atoms with E-state index in [4.69, 9.17) is 4.74 Å². The first kappa shape index (κ1) is 25.1. The second kappa shape index (κ2) is 10.6. The van der Waals surface area contributed by atoms with Crippen molar-refractivity contribution >= 4 is 23.8 Å². The number of sulfonamides is 1. The van der Waals surface area contributed by atoms with Gasteiger partial charge >= 0.3 is 0 Å². The van der Waals surface area contributed by atoms with E-state index in [2.05, 4.69) is 34.4 Å². The van der Waals surface area contributed by atoms with Crippen molar-refractivity contribution in [3.05, 3.63) is 54.7 Å². The maximum atomic E-state index is 15.5. The second-order valence-electron chi connectivity index (χ2n) is 9.10. The number of ether oxygens (including phenoxy) is 1. The molecule has 0 aliphatic rings. The minimum absolute atomic E-state index is 0.0778. The molecule has 1 N–H and O–H groups in total. The number of pyridine rings is 1. The zero-order chi connectivity index (χ0) is 24.1. The molecule has 1 aromatic carbocycles. The van der Waals surface area contributed by atoms with Gasteiger partial charge in [-0.25, -0.2) is 17.5 Å². The molecule has 0 bridgehead atoms. The molecule has 0 spiro atoms. The number of nitrogens with one attached hydrogen (secondary N) is 1. The van der Waals surface area contributed by atoms with Crippen molar-refractivity contribution in [3.8, 4) is 22.4 Å². The van der Waals surface area contributed by atoms with Crippen LogP contribution < -0.4 is 4.72 Å². The summed E-state index contributed by atoms with van der Waals surface area (Å²) in [4.78, 5) is 4.05. The number of nitrogens with zero attached hydrogens (tertiary/aromatic N) is 3. The highest BCUT2D eigenvalue weighted by Gasteiger charge is 2.20. The number of benzene rings is 1. The van der Waals surface area contributed by atoms with E-state index in [0.717, 1.165) is 11.6 Å². The van der Waals surface area contributed by atoms with Crippen LogP contribution in [0.25, 0.3) is 22.4 Å². The number of rotatable bonds is 11. The molecule has 0 amide bonds. The Morgan fingerprint density at radius 3 is 2.52 bits per heavy atom. The van der Waals surface area contributed by atoms with E-state index in [1.165, 1.54) is 6.07 Å². The number of aromatic nitrogens is 3. The molecule has 3 rings (SSSR count). The molecule has 2 heterocycles. The van der Waals surface area contributed by atoms with Crippen LogP contribution in [0.3, 0.4) is 0 Å². The largest absolute Gasteiger partial charge is 0.360 e. The molecule has 0 saturated carbocycles. The van der Waals surface area contributed by atoms with Gasteiger partial charge in [0.15, 0.2) is 5.82 Å². The maximum absolute atomic E-state index is 15.5. The lowest BCUT2D eigenvalue weighted by Crippen LogP contribution is -2.22. The average Bonchev–Trinajstić information content (AvgIpc) is 3.16. The molecule has 0 saturated heterocycles. The number of halogens is 1. The van der Waals surface area contributed by atoms with Crippen LogP contribution in [-0.2, 0) is 21.5 Å². The van der Waals surface area contributed by atoms with Crippen molar-refractivity contribution in [3.63, 3.8) is 0 Å². The Hall–Kier alpha value is -2.56. The summed E-state index contributed by atoms with van der Waals surface area (Å²) in [5, 5.41) is 4.64. The van der Waals surface area contributed by atoms with Crippen molar-refractivity contribution in [2.24, 2.45) is 0 Å². The van der Waals surface area contributed by atoms with Crippen LogP contribution in [0.2, 0.25) is 25.7 Å². The molecule has 3 aromatic rings. The monoisotopic (exact) mass is 490 g/mol. The summed E-state index contributed by atoms with van der Waals surface area (Å²) in [5.74, 6) is -0.724. The molecule has 33 heavy (non-hydrogen) atoms. The van der Waals surface area contributed by atoms with Crippen LogP contribution in [0.4, 0.5) is 10.1 Å². The summed E-state index contributed by atoms with van der Waals surface area (Å²) in [6.07, 6.45) is 5.46. The fourth-order valence-corrected chi connectivity index (χ4v) is 5.14. The summed E-state index contributed by atoms with van der Waals surface area (Å²) >= 11 is 0. The lowest BCUT2D eigenvalue weighted by molar-refractivity contribution is 0.0788. The third-order valence-electron chi connectivity index (χ3n) is 4.96. The molecule has 10 heteroatoms. The molecule has 0 radical (unpaired) electrons. The normalized spacial score (nSPS) is 12.2. The summed E-state index contributed by atoms with van der Waals surface area (Å²) in [6, 6.07) is 9.29. The van der Waals surface area contributed by atoms with E-state index in [1.807, 2.05) is 0 Å². The van der Waals surface area contributed by atoms with Gasteiger partial charge in [-0.05, 0) is 30.7 Å². The first-order valence-electron chi connectivity index (χ1n) is 10.9. The summed E-state index contributed by atoms with van der Waals surface area (Å²) < 4.78 is 49.7. The van der Waals surface area contributed by atoms with Gasteiger partial charge < -0.3 is 4.74 Å². The molecular weight excluding hydrogens is 459 g/mol. The van der Waals surface area contributed by atoms with Gasteiger partial charge in [0, 0.05) is 50.0 Å². The van der Waals surface area contributed by atoms with E-state index < -0.39 is 23.9 Å². The van der Waals surface area contributed by atoms with Crippen molar-refractivity contribution in [1.82, 2.24) is 14.8 Å². The molecule has 0 fully saturated rings. The van der Waals surface area contributed by atoms with E-state index in [9.17, 15) is 8.42 Å². The van der Waals surface area contributed by atoms with Gasteiger partial charge in [0.05, 0.1) is 11.4 Å². The van der Waals surface area contributed by atoms with Crippen molar-refractivity contribution in [2.75, 3.05) is 17.1 Å². The summed E-state index contributed by atoms with van der Waals surface area (Å²) in [5.41, 5.74) is 2.06. The standard InChI is InChI=1S/C23H31FN4O3SSi/c1-5-14-32(29,30)27-21-8-6-7-19(22(21)24)20-16-28(17-31-13-15-33(2,3)4)26-23(20)18-9-11-25-12-10-18/h6-12,16,27H,5,13-15,17H2,1-4H3. The summed E-state index contributed by atoms with van der Waals surface area (Å²) in [6.45, 7) is 9.50. The van der Waals surface area contributed by atoms with Gasteiger partial charge in [0.2, 0.25) is 10.0 Å². The van der Waals surface area contributed by atoms with Gasteiger partial charge in [-0.3, -0.25) is 9.71 Å². The number of hydrogen-bond donors (Lipinski definition) is 1. The van der Waals surface area contributed by atoms with Crippen molar-refractivity contribution in [1.29, 1.82) is 0 Å². The quantitative estimate of drug-likeness (QED) is 0.294. The highest BCUT2D eigenvalue weighted by molar-refractivity contribution is 7.92. The maximum Gasteiger partial charge on any atom is 0.232 e. The zero-order valence-corrected chi connectivity index (χ0v) is 21.3. The molecule has 0 atom stereocenters. The SMILES string of the molecule is CCCS(=O)(=O)Nc1cccc(-c2cn(COCC[Si](C)(C)C)nc2-c2ccncc2)c1F. The number of hydrogen-bond acceptors (Lipinski definition) is 5. The Kier molecular flexibility index (Phi) is 8.04. The third-order valence-corrected chi connectivity index (χ3v) is 8.14. The lowest BCUT2D eigenvalue weighted by Gasteiger charge is -2.15. The van der Waals surface area contributed by atoms with Gasteiger partial charge in [-0.1, -0.05) is 38.7 Å². The van der Waals surface area contributed by atoms with E-state index in [-0.39, 0.29) is 23.7 Å². The zero-order valence-electron chi connectivity index (χ0n) is 19.5. The number of anilines is 1. The van der Waals surface area contributed by atoms with E-state index in [0.29, 0.717) is 24.3 Å². The smallest absolute Gasteiger partial charge is 0.232 e. The van der Waals surface area contributed by atoms with Gasteiger partial charge in [0.25, 0.3) is 0 Å². The van der Waals surface area contributed by atoms with E-state index in [1.54, 1.807) is 54.5 Å². The first-order chi connectivity index (χ1) is 15.6. The minimum atomic E-state index is -3.63. The van der Waals surface area contributed by atoms with Crippen LogP contribution in [0.15, 0.2) is 48.9 Å². The Balaban J connectivity index is 1.96. The van der Waals surface area contributed by atoms with Crippen LogP contribution in [0, 0.1) is 5.82 Å². The Bertz CT molecular complexity index is 1180. The molecule has 2 aromatic heterocycles. The second-order valence-corrected chi connectivity index (χ2v) is 16.6. The lowest BCUT2D eigenvalue weighted by atomic mass is 10.0. The van der Waals surface area contributed by atoms with Crippen molar-refractivity contribution in [2.45, 2.75) is 45.8 Å². The topological polar surface area (TPSA) is 86.1 Å².